The van der Waals surface area contributed by atoms with Gasteiger partial charge in [-0.3, -0.25) is 4.79 Å². The number of aryl methyl sites for hydroxylation is 1. The molecule has 1 aliphatic heterocycles. The van der Waals surface area contributed by atoms with Gasteiger partial charge in [-0.25, -0.2) is 9.97 Å². The zero-order valence-electron chi connectivity index (χ0n) is 8.03. The Morgan fingerprint density at radius 1 is 1.57 bits per heavy atom. The van der Waals surface area contributed by atoms with Gasteiger partial charge in [0.1, 0.15) is 6.33 Å². The van der Waals surface area contributed by atoms with Crippen molar-refractivity contribution in [3.05, 3.63) is 18.2 Å². The van der Waals surface area contributed by atoms with Gasteiger partial charge in [0.25, 0.3) is 0 Å². The van der Waals surface area contributed by atoms with Crippen molar-refractivity contribution in [2.45, 2.75) is 6.92 Å². The highest BCUT2D eigenvalue weighted by Gasteiger charge is 2.20. The van der Waals surface area contributed by atoms with Crippen LogP contribution in [-0.2, 0) is 4.79 Å². The zero-order valence-corrected chi connectivity index (χ0v) is 8.03. The van der Waals surface area contributed by atoms with Crippen molar-refractivity contribution < 1.29 is 4.79 Å². The number of hydrogen-bond acceptors (Lipinski definition) is 4. The number of aromatic nitrogens is 2. The number of nitrogens with one attached hydrogen (secondary N) is 1. The molecular weight excluding hydrogens is 180 g/mol. The molecule has 5 nitrogen and oxygen atoms in total. The Labute approximate surface area is 82.2 Å². The number of piperazine rings is 1. The predicted molar refractivity (Wildman–Crippen MR) is 52.0 cm³/mol. The lowest BCUT2D eigenvalue weighted by atomic mass is 10.2. The Bertz CT molecular complexity index is 352. The van der Waals surface area contributed by atoms with E-state index in [-0.39, 0.29) is 5.91 Å². The Hall–Kier alpha value is -1.49. The van der Waals surface area contributed by atoms with Crippen LogP contribution in [0.1, 0.15) is 5.69 Å². The van der Waals surface area contributed by atoms with E-state index in [0.717, 1.165) is 17.9 Å². The molecule has 74 valence electrons. The maximum Gasteiger partial charge on any atom is 0.241 e. The highest BCUT2D eigenvalue weighted by atomic mass is 16.2. The summed E-state index contributed by atoms with van der Waals surface area (Å²) in [4.78, 5) is 21.3. The number of amides is 1. The maximum atomic E-state index is 11.6. The molecule has 1 aliphatic rings. The van der Waals surface area contributed by atoms with Gasteiger partial charge in [0.05, 0.1) is 24.1 Å². The van der Waals surface area contributed by atoms with E-state index in [1.54, 1.807) is 11.1 Å². The van der Waals surface area contributed by atoms with Crippen LogP contribution in [0.2, 0.25) is 0 Å². The van der Waals surface area contributed by atoms with Gasteiger partial charge in [-0.2, -0.15) is 0 Å². The highest BCUT2D eigenvalue weighted by molar-refractivity contribution is 5.95. The lowest BCUT2D eigenvalue weighted by molar-refractivity contribution is -0.118. The van der Waals surface area contributed by atoms with Gasteiger partial charge in [-0.05, 0) is 6.92 Å². The Morgan fingerprint density at radius 3 is 3.14 bits per heavy atom. The van der Waals surface area contributed by atoms with Crippen LogP contribution in [0.3, 0.4) is 0 Å². The van der Waals surface area contributed by atoms with Gasteiger partial charge in [-0.15, -0.1) is 0 Å². The number of hydrogen-bond donors (Lipinski definition) is 1. The summed E-state index contributed by atoms with van der Waals surface area (Å²) in [5, 5.41) is 3.02. The van der Waals surface area contributed by atoms with E-state index < -0.39 is 0 Å². The topological polar surface area (TPSA) is 58.1 Å². The number of anilines is 1. The first-order chi connectivity index (χ1) is 6.79. The molecule has 1 fully saturated rings. The molecule has 2 heterocycles. The molecule has 1 saturated heterocycles. The molecule has 1 aromatic heterocycles. The first-order valence-electron chi connectivity index (χ1n) is 4.57. The quantitative estimate of drug-likeness (QED) is 0.665. The van der Waals surface area contributed by atoms with E-state index in [2.05, 4.69) is 15.3 Å². The van der Waals surface area contributed by atoms with E-state index >= 15 is 0 Å². The van der Waals surface area contributed by atoms with Crippen molar-refractivity contribution in [3.63, 3.8) is 0 Å². The van der Waals surface area contributed by atoms with Crippen LogP contribution in [0.15, 0.2) is 12.5 Å². The Kier molecular flexibility index (Phi) is 2.41. The van der Waals surface area contributed by atoms with E-state index in [1.165, 1.54) is 6.33 Å². The van der Waals surface area contributed by atoms with Crippen molar-refractivity contribution in [2.24, 2.45) is 0 Å². The first kappa shape index (κ1) is 9.08. The number of rotatable bonds is 1. The summed E-state index contributed by atoms with van der Waals surface area (Å²) in [5.41, 5.74) is 1.66. The summed E-state index contributed by atoms with van der Waals surface area (Å²) in [5.74, 6) is 0.0779. The van der Waals surface area contributed by atoms with E-state index in [0.29, 0.717) is 13.1 Å². The van der Waals surface area contributed by atoms with Crippen LogP contribution in [0, 0.1) is 6.92 Å². The van der Waals surface area contributed by atoms with Gasteiger partial charge in [-0.1, -0.05) is 0 Å². The minimum absolute atomic E-state index is 0.0779. The second kappa shape index (κ2) is 3.71. The summed E-state index contributed by atoms with van der Waals surface area (Å²) in [6.07, 6.45) is 3.18. The standard InChI is InChI=1S/C9H12N4O/c1-7-8(4-11-6-12-7)13-3-2-10-5-9(13)14/h4,6,10H,2-3,5H2,1H3. The van der Waals surface area contributed by atoms with Crippen LogP contribution < -0.4 is 10.2 Å². The van der Waals surface area contributed by atoms with Crippen molar-refractivity contribution in [1.82, 2.24) is 15.3 Å². The fraction of sp³-hybridized carbons (Fsp3) is 0.444. The highest BCUT2D eigenvalue weighted by Crippen LogP contribution is 2.16. The first-order valence-corrected chi connectivity index (χ1v) is 4.57. The van der Waals surface area contributed by atoms with Crippen molar-refractivity contribution in [1.29, 1.82) is 0 Å². The van der Waals surface area contributed by atoms with E-state index in [1.807, 2.05) is 6.92 Å². The third-order valence-corrected chi connectivity index (χ3v) is 2.27. The van der Waals surface area contributed by atoms with Crippen LogP contribution >= 0.6 is 0 Å². The molecular formula is C9H12N4O. The molecule has 0 unspecified atom stereocenters. The minimum Gasteiger partial charge on any atom is -0.307 e. The molecule has 0 bridgehead atoms. The molecule has 1 aromatic rings. The largest absolute Gasteiger partial charge is 0.307 e. The van der Waals surface area contributed by atoms with Crippen molar-refractivity contribution in [3.8, 4) is 0 Å². The van der Waals surface area contributed by atoms with E-state index in [4.69, 9.17) is 0 Å². The van der Waals surface area contributed by atoms with Crippen molar-refractivity contribution in [2.75, 3.05) is 24.5 Å². The molecule has 0 atom stereocenters. The van der Waals surface area contributed by atoms with E-state index in [9.17, 15) is 4.79 Å². The van der Waals surface area contributed by atoms with Crippen molar-refractivity contribution >= 4 is 11.6 Å². The molecule has 0 radical (unpaired) electrons. The molecule has 5 heteroatoms. The second-order valence-corrected chi connectivity index (χ2v) is 3.22. The summed E-state index contributed by atoms with van der Waals surface area (Å²) >= 11 is 0. The fourth-order valence-electron chi connectivity index (χ4n) is 1.51. The fourth-order valence-corrected chi connectivity index (χ4v) is 1.51. The molecule has 2 rings (SSSR count). The SMILES string of the molecule is Cc1ncncc1N1CCNCC1=O. The smallest absolute Gasteiger partial charge is 0.241 e. The average Bonchev–Trinajstić information content (AvgIpc) is 2.20. The third-order valence-electron chi connectivity index (χ3n) is 2.27. The molecule has 14 heavy (non-hydrogen) atoms. The summed E-state index contributed by atoms with van der Waals surface area (Å²) < 4.78 is 0. The molecule has 1 N–H and O–H groups in total. The van der Waals surface area contributed by atoms with Gasteiger partial charge >= 0.3 is 0 Å². The summed E-state index contributed by atoms with van der Waals surface area (Å²) in [6, 6.07) is 0. The molecule has 0 aliphatic carbocycles. The Balaban J connectivity index is 2.29. The van der Waals surface area contributed by atoms with Crippen LogP contribution in [0.5, 0.6) is 0 Å². The molecule has 1 amide bonds. The summed E-state index contributed by atoms with van der Waals surface area (Å²) in [7, 11) is 0. The predicted octanol–water partition coefficient (Wildman–Crippen LogP) is -0.279. The maximum absolute atomic E-state index is 11.6. The van der Waals surface area contributed by atoms with Crippen LogP contribution in [0.4, 0.5) is 5.69 Å². The number of carbonyl (C=O) groups is 1. The molecule has 0 saturated carbocycles. The van der Waals surface area contributed by atoms with Gasteiger partial charge in [0, 0.05) is 13.1 Å². The second-order valence-electron chi connectivity index (χ2n) is 3.22. The van der Waals surface area contributed by atoms with Gasteiger partial charge in [0.15, 0.2) is 0 Å². The lowest BCUT2D eigenvalue weighted by Gasteiger charge is -2.27. The average molecular weight is 192 g/mol. The summed E-state index contributed by atoms with van der Waals surface area (Å²) in [6.45, 7) is 3.79. The number of nitrogens with zero attached hydrogens (tertiary/aromatic N) is 3. The lowest BCUT2D eigenvalue weighted by Crippen LogP contribution is -2.48. The molecule has 0 spiro atoms. The Morgan fingerprint density at radius 2 is 2.43 bits per heavy atom. The van der Waals surface area contributed by atoms with Crippen LogP contribution in [0.25, 0.3) is 0 Å². The minimum atomic E-state index is 0.0779. The van der Waals surface area contributed by atoms with Crippen LogP contribution in [-0.4, -0.2) is 35.5 Å². The van der Waals surface area contributed by atoms with Gasteiger partial charge in [0.2, 0.25) is 5.91 Å². The monoisotopic (exact) mass is 192 g/mol. The molecule has 0 aromatic carbocycles. The third kappa shape index (κ3) is 1.58. The number of carbonyl (C=O) groups excluding carboxylic acids is 1. The zero-order chi connectivity index (χ0) is 9.97. The van der Waals surface area contributed by atoms with Gasteiger partial charge < -0.3 is 10.2 Å². The normalized spacial score (nSPS) is 17.2.